The summed E-state index contributed by atoms with van der Waals surface area (Å²) in [5, 5.41) is 8.11. The maximum atomic E-state index is 2.40. The van der Waals surface area contributed by atoms with Crippen LogP contribution in [0, 0.1) is 0 Å². The Morgan fingerprint density at radius 3 is 2.09 bits per heavy atom. The Morgan fingerprint density at radius 2 is 1.30 bits per heavy atom. The molecule has 0 aliphatic carbocycles. The van der Waals surface area contributed by atoms with E-state index < -0.39 is 0 Å². The highest BCUT2D eigenvalue weighted by molar-refractivity contribution is 6.20. The fraction of sp³-hybridized carbons (Fsp3) is 0.217. The number of hydrogen-bond acceptors (Lipinski definition) is 0. The molecule has 4 rings (SSSR count). The molecule has 114 valence electrons. The van der Waals surface area contributed by atoms with Crippen LogP contribution >= 0.6 is 0 Å². The zero-order valence-electron chi connectivity index (χ0n) is 13.8. The van der Waals surface area contributed by atoms with Crippen LogP contribution in [0.4, 0.5) is 0 Å². The van der Waals surface area contributed by atoms with E-state index in [0.717, 1.165) is 0 Å². The fourth-order valence-corrected chi connectivity index (χ4v) is 3.87. The van der Waals surface area contributed by atoms with E-state index >= 15 is 0 Å². The van der Waals surface area contributed by atoms with Gasteiger partial charge in [-0.25, -0.2) is 0 Å². The highest BCUT2D eigenvalue weighted by atomic mass is 14.1. The van der Waals surface area contributed by atoms with E-state index in [1.807, 2.05) is 0 Å². The molecule has 0 spiro atoms. The lowest BCUT2D eigenvalue weighted by Crippen LogP contribution is -1.95. The third kappa shape index (κ3) is 2.30. The maximum absolute atomic E-state index is 2.40. The van der Waals surface area contributed by atoms with Gasteiger partial charge in [-0.05, 0) is 56.6 Å². The monoisotopic (exact) mass is 298 g/mol. The zero-order valence-corrected chi connectivity index (χ0v) is 13.8. The van der Waals surface area contributed by atoms with Crippen molar-refractivity contribution >= 4 is 32.3 Å². The van der Waals surface area contributed by atoms with Gasteiger partial charge in [-0.15, -0.1) is 0 Å². The maximum Gasteiger partial charge on any atom is -0.00268 e. The lowest BCUT2D eigenvalue weighted by Gasteiger charge is -2.15. The molecule has 0 atom stereocenters. The molecule has 0 heterocycles. The Labute approximate surface area is 137 Å². The van der Waals surface area contributed by atoms with E-state index in [4.69, 9.17) is 0 Å². The predicted octanol–water partition coefficient (Wildman–Crippen LogP) is 7.05. The molecule has 4 aromatic rings. The SMILES string of the molecule is CCC(CC)c1ccc2c(ccc3ccc4ccccc4c32)c1. The van der Waals surface area contributed by atoms with Gasteiger partial charge in [0.15, 0.2) is 0 Å². The second-order valence-electron chi connectivity index (χ2n) is 6.44. The summed E-state index contributed by atoms with van der Waals surface area (Å²) in [5.74, 6) is 0.669. The molecule has 0 N–H and O–H groups in total. The van der Waals surface area contributed by atoms with Crippen molar-refractivity contribution in [3.05, 3.63) is 72.3 Å². The summed E-state index contributed by atoms with van der Waals surface area (Å²) < 4.78 is 0. The molecule has 0 saturated carbocycles. The van der Waals surface area contributed by atoms with E-state index in [2.05, 4.69) is 80.6 Å². The van der Waals surface area contributed by atoms with Crippen molar-refractivity contribution in [3.63, 3.8) is 0 Å². The van der Waals surface area contributed by atoms with Gasteiger partial charge in [0.25, 0.3) is 0 Å². The molecule has 0 unspecified atom stereocenters. The average molecular weight is 298 g/mol. The van der Waals surface area contributed by atoms with Gasteiger partial charge >= 0.3 is 0 Å². The first-order valence-corrected chi connectivity index (χ1v) is 8.66. The molecule has 23 heavy (non-hydrogen) atoms. The molecule has 0 nitrogen and oxygen atoms in total. The van der Waals surface area contributed by atoms with Gasteiger partial charge in [0.1, 0.15) is 0 Å². The Kier molecular flexibility index (Phi) is 3.53. The van der Waals surface area contributed by atoms with Crippen LogP contribution in [0.1, 0.15) is 38.2 Å². The minimum absolute atomic E-state index is 0.669. The van der Waals surface area contributed by atoms with Gasteiger partial charge in [0.05, 0.1) is 0 Å². The van der Waals surface area contributed by atoms with E-state index in [1.54, 1.807) is 0 Å². The number of benzene rings is 4. The number of rotatable bonds is 3. The highest BCUT2D eigenvalue weighted by Crippen LogP contribution is 2.34. The highest BCUT2D eigenvalue weighted by Gasteiger charge is 2.10. The van der Waals surface area contributed by atoms with Crippen LogP contribution in [0.3, 0.4) is 0 Å². The molecule has 0 bridgehead atoms. The van der Waals surface area contributed by atoms with E-state index in [1.165, 1.54) is 50.7 Å². The summed E-state index contributed by atoms with van der Waals surface area (Å²) >= 11 is 0. The average Bonchev–Trinajstić information content (AvgIpc) is 2.62. The molecule has 0 amide bonds. The van der Waals surface area contributed by atoms with Gasteiger partial charge in [-0.2, -0.15) is 0 Å². The Bertz CT molecular complexity index is 991. The van der Waals surface area contributed by atoms with Gasteiger partial charge in [0.2, 0.25) is 0 Å². The summed E-state index contributed by atoms with van der Waals surface area (Å²) in [4.78, 5) is 0. The summed E-state index contributed by atoms with van der Waals surface area (Å²) in [7, 11) is 0. The third-order valence-electron chi connectivity index (χ3n) is 5.21. The lowest BCUT2D eigenvalue weighted by molar-refractivity contribution is 0.643. The summed E-state index contributed by atoms with van der Waals surface area (Å²) in [6.07, 6.45) is 2.41. The molecule has 0 aliphatic heterocycles. The molecule has 0 radical (unpaired) electrons. The van der Waals surface area contributed by atoms with Gasteiger partial charge in [0, 0.05) is 0 Å². The van der Waals surface area contributed by atoms with Gasteiger partial charge in [-0.1, -0.05) is 80.6 Å². The van der Waals surface area contributed by atoms with Crippen molar-refractivity contribution in [2.45, 2.75) is 32.6 Å². The Morgan fingerprint density at radius 1 is 0.652 bits per heavy atom. The Balaban J connectivity index is 2.06. The molecular weight excluding hydrogens is 276 g/mol. The van der Waals surface area contributed by atoms with Crippen molar-refractivity contribution in [1.82, 2.24) is 0 Å². The second kappa shape index (κ2) is 5.70. The molecule has 0 aliphatic rings. The van der Waals surface area contributed by atoms with Crippen LogP contribution in [-0.4, -0.2) is 0 Å². The van der Waals surface area contributed by atoms with Crippen LogP contribution in [-0.2, 0) is 0 Å². The quantitative estimate of drug-likeness (QED) is 0.355. The van der Waals surface area contributed by atoms with Crippen molar-refractivity contribution in [1.29, 1.82) is 0 Å². The van der Waals surface area contributed by atoms with Crippen LogP contribution in [0.2, 0.25) is 0 Å². The molecule has 0 heteroatoms. The summed E-state index contributed by atoms with van der Waals surface area (Å²) in [6, 6.07) is 24.8. The fourth-order valence-electron chi connectivity index (χ4n) is 3.87. The van der Waals surface area contributed by atoms with Crippen molar-refractivity contribution in [3.8, 4) is 0 Å². The van der Waals surface area contributed by atoms with Crippen LogP contribution < -0.4 is 0 Å². The van der Waals surface area contributed by atoms with Gasteiger partial charge < -0.3 is 0 Å². The topological polar surface area (TPSA) is 0 Å². The zero-order chi connectivity index (χ0) is 15.8. The van der Waals surface area contributed by atoms with E-state index in [-0.39, 0.29) is 0 Å². The van der Waals surface area contributed by atoms with Gasteiger partial charge in [-0.3, -0.25) is 0 Å². The Hall–Kier alpha value is -2.34. The van der Waals surface area contributed by atoms with Crippen LogP contribution in [0.5, 0.6) is 0 Å². The molecule has 4 aromatic carbocycles. The predicted molar refractivity (Wildman–Crippen MR) is 102 cm³/mol. The third-order valence-corrected chi connectivity index (χ3v) is 5.21. The largest absolute Gasteiger partial charge is 0.0648 e. The first-order chi connectivity index (χ1) is 11.3. The van der Waals surface area contributed by atoms with Crippen LogP contribution in [0.25, 0.3) is 32.3 Å². The van der Waals surface area contributed by atoms with E-state index in [0.29, 0.717) is 5.92 Å². The normalized spacial score (nSPS) is 11.8. The summed E-state index contributed by atoms with van der Waals surface area (Å²) in [5.41, 5.74) is 1.47. The van der Waals surface area contributed by atoms with Crippen molar-refractivity contribution < 1.29 is 0 Å². The molecular formula is C23H22. The second-order valence-corrected chi connectivity index (χ2v) is 6.44. The first-order valence-electron chi connectivity index (χ1n) is 8.66. The van der Waals surface area contributed by atoms with Crippen molar-refractivity contribution in [2.75, 3.05) is 0 Å². The first kappa shape index (κ1) is 14.3. The number of fused-ring (bicyclic) bond motifs is 5. The van der Waals surface area contributed by atoms with E-state index in [9.17, 15) is 0 Å². The summed E-state index contributed by atoms with van der Waals surface area (Å²) in [6.45, 7) is 4.57. The smallest absolute Gasteiger partial charge is 0.00268 e. The minimum atomic E-state index is 0.669. The molecule has 0 aromatic heterocycles. The standard InChI is InChI=1S/C23H22/c1-3-16(4-2)19-13-14-22-20(15-19)12-11-18-10-9-17-7-5-6-8-21(17)23(18)22/h5-16H,3-4H2,1-2H3. The molecule has 0 fully saturated rings. The minimum Gasteiger partial charge on any atom is -0.0648 e. The lowest BCUT2D eigenvalue weighted by atomic mass is 9.90. The van der Waals surface area contributed by atoms with Crippen LogP contribution in [0.15, 0.2) is 66.7 Å². The molecule has 0 saturated heterocycles. The van der Waals surface area contributed by atoms with Crippen molar-refractivity contribution in [2.24, 2.45) is 0 Å². The number of hydrogen-bond donors (Lipinski definition) is 0.